The molecule has 0 spiro atoms. The summed E-state index contributed by atoms with van der Waals surface area (Å²) in [5.41, 5.74) is 1.19. The quantitative estimate of drug-likeness (QED) is 0.752. The summed E-state index contributed by atoms with van der Waals surface area (Å²) >= 11 is 5.86. The number of hydrogen-bond donors (Lipinski definition) is 3. The Balaban J connectivity index is 1.65. The van der Waals surface area contributed by atoms with Crippen LogP contribution in [0.4, 0.5) is 4.79 Å². The predicted octanol–water partition coefficient (Wildman–Crippen LogP) is 2.41. The van der Waals surface area contributed by atoms with E-state index < -0.39 is 0 Å². The monoisotopic (exact) mass is 323 g/mol. The topological polar surface area (TPSA) is 70.2 Å². The van der Waals surface area contributed by atoms with E-state index in [1.54, 1.807) is 0 Å². The van der Waals surface area contributed by atoms with E-state index in [0.717, 1.165) is 6.42 Å². The second kappa shape index (κ2) is 7.49. The molecular weight excluding hydrogens is 302 g/mol. The number of halogens is 1. The fourth-order valence-corrected chi connectivity index (χ4v) is 2.46. The highest BCUT2D eigenvalue weighted by Crippen LogP contribution is 2.40. The minimum Gasteiger partial charge on any atom is -0.354 e. The Hall–Kier alpha value is -1.75. The van der Waals surface area contributed by atoms with Crippen LogP contribution >= 0.6 is 11.6 Å². The van der Waals surface area contributed by atoms with E-state index in [0.29, 0.717) is 17.5 Å². The van der Waals surface area contributed by atoms with Gasteiger partial charge in [-0.2, -0.15) is 0 Å². The number of carbonyl (C=O) groups excluding carboxylic acids is 2. The number of urea groups is 1. The Bertz CT molecular complexity index is 531. The molecule has 3 N–H and O–H groups in total. The van der Waals surface area contributed by atoms with E-state index in [-0.39, 0.29) is 30.4 Å². The van der Waals surface area contributed by atoms with Crippen molar-refractivity contribution in [2.24, 2.45) is 0 Å². The first-order valence-corrected chi connectivity index (χ1v) is 7.92. The van der Waals surface area contributed by atoms with Crippen LogP contribution in [0.1, 0.15) is 38.2 Å². The largest absolute Gasteiger partial charge is 0.354 e. The second-order valence-corrected chi connectivity index (χ2v) is 6.31. The van der Waals surface area contributed by atoms with Crippen molar-refractivity contribution in [3.8, 4) is 0 Å². The molecule has 1 aromatic rings. The van der Waals surface area contributed by atoms with Crippen LogP contribution < -0.4 is 16.0 Å². The third kappa shape index (κ3) is 5.22. The number of amides is 3. The molecule has 0 radical (unpaired) electrons. The minimum atomic E-state index is -0.223. The van der Waals surface area contributed by atoms with Crippen LogP contribution in [0.15, 0.2) is 24.3 Å². The number of carbonyl (C=O) groups is 2. The summed E-state index contributed by atoms with van der Waals surface area (Å²) in [4.78, 5) is 23.2. The van der Waals surface area contributed by atoms with Gasteiger partial charge in [-0.1, -0.05) is 23.7 Å². The minimum absolute atomic E-state index is 0.0548. The maximum atomic E-state index is 11.8. The average Bonchev–Trinajstić information content (AvgIpc) is 3.17. The summed E-state index contributed by atoms with van der Waals surface area (Å²) in [5, 5.41) is 9.12. The standard InChI is InChI=1S/C16H22ClN3O2/c1-10(2)19-15(21)7-8-18-16(22)20-14-9-13(14)11-3-5-12(17)6-4-11/h3-6,10,13-14H,7-9H2,1-2H3,(H,19,21)(H2,18,20,22)/t13-,14-/m0/s1. The molecule has 120 valence electrons. The lowest BCUT2D eigenvalue weighted by atomic mass is 10.1. The van der Waals surface area contributed by atoms with Gasteiger partial charge in [0.15, 0.2) is 0 Å². The summed E-state index contributed by atoms with van der Waals surface area (Å²) in [5.74, 6) is 0.299. The SMILES string of the molecule is CC(C)NC(=O)CCNC(=O)N[C@H]1C[C@H]1c1ccc(Cl)cc1. The first kappa shape index (κ1) is 16.6. The molecule has 1 aromatic carbocycles. The molecule has 0 heterocycles. The molecule has 0 aromatic heterocycles. The molecule has 0 saturated heterocycles. The summed E-state index contributed by atoms with van der Waals surface area (Å²) < 4.78 is 0. The third-order valence-corrected chi connectivity index (χ3v) is 3.74. The van der Waals surface area contributed by atoms with E-state index in [9.17, 15) is 9.59 Å². The Labute approximate surface area is 135 Å². The molecule has 22 heavy (non-hydrogen) atoms. The van der Waals surface area contributed by atoms with Crippen LogP contribution in [0.5, 0.6) is 0 Å². The van der Waals surface area contributed by atoms with Crippen LogP contribution in [0, 0.1) is 0 Å². The Morgan fingerprint density at radius 2 is 1.95 bits per heavy atom. The molecule has 2 atom stereocenters. The van der Waals surface area contributed by atoms with Gasteiger partial charge in [0, 0.05) is 36.0 Å². The highest BCUT2D eigenvalue weighted by atomic mass is 35.5. The van der Waals surface area contributed by atoms with E-state index in [4.69, 9.17) is 11.6 Å². The molecule has 5 nitrogen and oxygen atoms in total. The zero-order valence-corrected chi connectivity index (χ0v) is 13.6. The average molecular weight is 324 g/mol. The molecule has 1 saturated carbocycles. The number of nitrogens with one attached hydrogen (secondary N) is 3. The van der Waals surface area contributed by atoms with Gasteiger partial charge in [-0.3, -0.25) is 4.79 Å². The normalized spacial score (nSPS) is 19.6. The zero-order chi connectivity index (χ0) is 16.1. The fourth-order valence-electron chi connectivity index (χ4n) is 2.34. The van der Waals surface area contributed by atoms with Gasteiger partial charge in [0.05, 0.1) is 0 Å². The van der Waals surface area contributed by atoms with Crippen LogP contribution in [-0.2, 0) is 4.79 Å². The van der Waals surface area contributed by atoms with Gasteiger partial charge in [0.25, 0.3) is 0 Å². The van der Waals surface area contributed by atoms with Crippen molar-refractivity contribution in [3.63, 3.8) is 0 Å². The first-order chi connectivity index (χ1) is 10.5. The summed E-state index contributed by atoms with van der Waals surface area (Å²) in [7, 11) is 0. The third-order valence-electron chi connectivity index (χ3n) is 3.49. The van der Waals surface area contributed by atoms with Crippen molar-refractivity contribution >= 4 is 23.5 Å². The van der Waals surface area contributed by atoms with Gasteiger partial charge >= 0.3 is 6.03 Å². The van der Waals surface area contributed by atoms with E-state index in [1.165, 1.54) is 5.56 Å². The van der Waals surface area contributed by atoms with Crippen LogP contribution in [0.2, 0.25) is 5.02 Å². The maximum absolute atomic E-state index is 11.8. The van der Waals surface area contributed by atoms with Crippen molar-refractivity contribution in [2.75, 3.05) is 6.54 Å². The van der Waals surface area contributed by atoms with Crippen molar-refractivity contribution < 1.29 is 9.59 Å². The predicted molar refractivity (Wildman–Crippen MR) is 87.0 cm³/mol. The van der Waals surface area contributed by atoms with Crippen molar-refractivity contribution in [1.29, 1.82) is 0 Å². The molecular formula is C16H22ClN3O2. The smallest absolute Gasteiger partial charge is 0.315 e. The van der Waals surface area contributed by atoms with Gasteiger partial charge in [-0.15, -0.1) is 0 Å². The Morgan fingerprint density at radius 3 is 2.59 bits per heavy atom. The van der Waals surface area contributed by atoms with Gasteiger partial charge in [-0.05, 0) is 38.0 Å². The van der Waals surface area contributed by atoms with Crippen LogP contribution in [0.25, 0.3) is 0 Å². The summed E-state index contributed by atoms with van der Waals surface area (Å²) in [6, 6.07) is 7.75. The molecule has 1 fully saturated rings. The molecule has 2 rings (SSSR count). The van der Waals surface area contributed by atoms with Crippen LogP contribution in [-0.4, -0.2) is 30.6 Å². The van der Waals surface area contributed by atoms with Gasteiger partial charge in [0.1, 0.15) is 0 Å². The zero-order valence-electron chi connectivity index (χ0n) is 12.9. The van der Waals surface area contributed by atoms with Gasteiger partial charge in [-0.25, -0.2) is 4.79 Å². The van der Waals surface area contributed by atoms with Crippen molar-refractivity contribution in [3.05, 3.63) is 34.9 Å². The molecule has 6 heteroatoms. The lowest BCUT2D eigenvalue weighted by Crippen LogP contribution is -2.40. The fraction of sp³-hybridized carbons (Fsp3) is 0.500. The van der Waals surface area contributed by atoms with E-state index in [1.807, 2.05) is 38.1 Å². The van der Waals surface area contributed by atoms with Crippen molar-refractivity contribution in [2.45, 2.75) is 44.7 Å². The molecule has 1 aliphatic rings. The second-order valence-electron chi connectivity index (χ2n) is 5.87. The number of rotatable bonds is 6. The van der Waals surface area contributed by atoms with E-state index in [2.05, 4.69) is 16.0 Å². The lowest BCUT2D eigenvalue weighted by molar-refractivity contribution is -0.121. The number of hydrogen-bond acceptors (Lipinski definition) is 2. The Morgan fingerprint density at radius 1 is 1.27 bits per heavy atom. The van der Waals surface area contributed by atoms with Gasteiger partial charge < -0.3 is 16.0 Å². The van der Waals surface area contributed by atoms with Crippen molar-refractivity contribution in [1.82, 2.24) is 16.0 Å². The van der Waals surface area contributed by atoms with Gasteiger partial charge in [0.2, 0.25) is 5.91 Å². The molecule has 0 bridgehead atoms. The molecule has 0 unspecified atom stereocenters. The summed E-state index contributed by atoms with van der Waals surface area (Å²) in [6.45, 7) is 4.15. The maximum Gasteiger partial charge on any atom is 0.315 e. The highest BCUT2D eigenvalue weighted by Gasteiger charge is 2.39. The lowest BCUT2D eigenvalue weighted by Gasteiger charge is -2.09. The van der Waals surface area contributed by atoms with E-state index >= 15 is 0 Å². The summed E-state index contributed by atoms with van der Waals surface area (Å²) in [6.07, 6.45) is 1.22. The van der Waals surface area contributed by atoms with Crippen LogP contribution in [0.3, 0.4) is 0 Å². The highest BCUT2D eigenvalue weighted by molar-refractivity contribution is 6.30. The first-order valence-electron chi connectivity index (χ1n) is 7.55. The Kier molecular flexibility index (Phi) is 5.66. The molecule has 3 amide bonds. The molecule has 0 aliphatic heterocycles. The number of benzene rings is 1. The molecule has 1 aliphatic carbocycles.